The Morgan fingerprint density at radius 2 is 1.71 bits per heavy atom. The van der Waals surface area contributed by atoms with Crippen LogP contribution in [0.2, 0.25) is 18.1 Å². The number of hydrogen-bond donors (Lipinski definition) is 1. The van der Waals surface area contributed by atoms with Gasteiger partial charge >= 0.3 is 0 Å². The molecule has 0 aromatic heterocycles. The molecule has 0 radical (unpaired) electrons. The lowest BCUT2D eigenvalue weighted by Crippen LogP contribution is -2.44. The van der Waals surface area contributed by atoms with Gasteiger partial charge in [-0.2, -0.15) is 0 Å². The maximum absolute atomic E-state index is 11.0. The van der Waals surface area contributed by atoms with Gasteiger partial charge in [0.25, 0.3) is 0 Å². The van der Waals surface area contributed by atoms with Crippen molar-refractivity contribution in [1.29, 1.82) is 0 Å². The van der Waals surface area contributed by atoms with E-state index in [4.69, 9.17) is 13.9 Å². The fourth-order valence-corrected chi connectivity index (χ4v) is 3.85. The highest BCUT2D eigenvalue weighted by molar-refractivity contribution is 6.74. The summed E-state index contributed by atoms with van der Waals surface area (Å²) < 4.78 is 17.6. The second kappa shape index (κ2) is 11.3. The van der Waals surface area contributed by atoms with Crippen LogP contribution in [0.25, 0.3) is 0 Å². The van der Waals surface area contributed by atoms with Gasteiger partial charge in [0.1, 0.15) is 5.75 Å². The van der Waals surface area contributed by atoms with E-state index >= 15 is 0 Å². The van der Waals surface area contributed by atoms with E-state index < -0.39 is 14.4 Å². The summed E-state index contributed by atoms with van der Waals surface area (Å²) in [5, 5.41) is 11.1. The minimum Gasteiger partial charge on any atom is -0.497 e. The molecule has 0 aliphatic rings. The first kappa shape index (κ1) is 25.2. The van der Waals surface area contributed by atoms with Crippen molar-refractivity contribution in [2.75, 3.05) is 13.7 Å². The summed E-state index contributed by atoms with van der Waals surface area (Å²) in [6, 6.07) is 7.84. The summed E-state index contributed by atoms with van der Waals surface area (Å²) >= 11 is 0. The largest absolute Gasteiger partial charge is 0.497 e. The molecular weight excluding hydrogens is 368 g/mol. The molecule has 0 amide bonds. The highest BCUT2D eigenvalue weighted by Crippen LogP contribution is 2.37. The molecule has 0 saturated heterocycles. The molecule has 0 aliphatic carbocycles. The zero-order valence-electron chi connectivity index (χ0n) is 19.2. The molecule has 0 fully saturated rings. The van der Waals surface area contributed by atoms with Gasteiger partial charge in [-0.1, -0.05) is 52.7 Å². The van der Waals surface area contributed by atoms with Gasteiger partial charge < -0.3 is 19.0 Å². The fourth-order valence-electron chi connectivity index (χ4n) is 2.78. The number of rotatable bonds is 12. The Balaban J connectivity index is 2.66. The van der Waals surface area contributed by atoms with E-state index in [0.29, 0.717) is 13.2 Å². The van der Waals surface area contributed by atoms with E-state index in [1.165, 1.54) is 0 Å². The topological polar surface area (TPSA) is 47.9 Å². The summed E-state index contributed by atoms with van der Waals surface area (Å²) in [6.45, 7) is 16.5. The number of aliphatic hydroxyl groups excluding tert-OH is 1. The molecule has 0 spiro atoms. The summed E-state index contributed by atoms with van der Waals surface area (Å²) in [5.41, 5.74) is 1.07. The van der Waals surface area contributed by atoms with Crippen LogP contribution >= 0.6 is 0 Å². The highest BCUT2D eigenvalue weighted by Gasteiger charge is 2.38. The van der Waals surface area contributed by atoms with Gasteiger partial charge in [-0.3, -0.25) is 0 Å². The third kappa shape index (κ3) is 7.86. The number of hydrogen-bond acceptors (Lipinski definition) is 4. The minimum atomic E-state index is -1.83. The molecule has 0 unspecified atom stereocenters. The molecular formula is C23H42O4Si. The first-order chi connectivity index (χ1) is 13.0. The Morgan fingerprint density at radius 1 is 1.11 bits per heavy atom. The van der Waals surface area contributed by atoms with E-state index in [0.717, 1.165) is 30.6 Å². The van der Waals surface area contributed by atoms with Crippen LogP contribution in [0.4, 0.5) is 0 Å². The first-order valence-electron chi connectivity index (χ1n) is 10.6. The van der Waals surface area contributed by atoms with Crippen LogP contribution in [0, 0.1) is 5.92 Å². The van der Waals surface area contributed by atoms with Crippen molar-refractivity contribution in [3.63, 3.8) is 0 Å². The number of benzene rings is 1. The third-order valence-corrected chi connectivity index (χ3v) is 10.5. The second-order valence-electron chi connectivity index (χ2n) is 9.33. The summed E-state index contributed by atoms with van der Waals surface area (Å²) in [5.74, 6) is 0.930. The molecule has 28 heavy (non-hydrogen) atoms. The van der Waals surface area contributed by atoms with Gasteiger partial charge in [-0.05, 0) is 49.2 Å². The molecule has 0 bridgehead atoms. The zero-order chi connectivity index (χ0) is 21.4. The van der Waals surface area contributed by atoms with Gasteiger partial charge in [0.15, 0.2) is 8.32 Å². The molecule has 1 rings (SSSR count). The molecule has 5 heteroatoms. The standard InChI is InChI=1S/C23H42O4Si/c1-9-10-11-20(17-27-28(7,8)23(3,4)5)22(24)18(2)26-16-19-12-14-21(25-6)15-13-19/h12-15,18,20,22,24H,9-11,16-17H2,1-8H3/t18-,20-,22+/m0/s1. The quantitative estimate of drug-likeness (QED) is 0.443. The van der Waals surface area contributed by atoms with E-state index in [2.05, 4.69) is 40.8 Å². The summed E-state index contributed by atoms with van der Waals surface area (Å²) in [4.78, 5) is 0. The van der Waals surface area contributed by atoms with Gasteiger partial charge in [-0.15, -0.1) is 0 Å². The zero-order valence-corrected chi connectivity index (χ0v) is 20.2. The second-order valence-corrected chi connectivity index (χ2v) is 14.1. The van der Waals surface area contributed by atoms with E-state index in [1.807, 2.05) is 31.2 Å². The monoisotopic (exact) mass is 410 g/mol. The van der Waals surface area contributed by atoms with Gasteiger partial charge in [0, 0.05) is 12.5 Å². The maximum Gasteiger partial charge on any atom is 0.191 e. The molecule has 0 aliphatic heterocycles. The van der Waals surface area contributed by atoms with Crippen molar-refractivity contribution in [3.8, 4) is 5.75 Å². The lowest BCUT2D eigenvalue weighted by Gasteiger charge is -2.38. The maximum atomic E-state index is 11.0. The average molecular weight is 411 g/mol. The van der Waals surface area contributed by atoms with Crippen molar-refractivity contribution in [3.05, 3.63) is 29.8 Å². The Hall–Kier alpha value is -0.883. The van der Waals surface area contributed by atoms with Crippen molar-refractivity contribution in [2.24, 2.45) is 5.92 Å². The molecule has 1 aromatic rings. The smallest absolute Gasteiger partial charge is 0.191 e. The fraction of sp³-hybridized carbons (Fsp3) is 0.739. The Labute approximate surface area is 173 Å². The lowest BCUT2D eigenvalue weighted by molar-refractivity contribution is -0.0696. The van der Waals surface area contributed by atoms with Gasteiger partial charge in [0.2, 0.25) is 0 Å². The Kier molecular flexibility index (Phi) is 10.2. The Bertz CT molecular complexity index is 551. The highest BCUT2D eigenvalue weighted by atomic mass is 28.4. The predicted molar refractivity (Wildman–Crippen MR) is 119 cm³/mol. The average Bonchev–Trinajstić information content (AvgIpc) is 2.65. The normalized spacial score (nSPS) is 15.9. The third-order valence-electron chi connectivity index (χ3n) is 6.03. The van der Waals surface area contributed by atoms with Gasteiger partial charge in [-0.25, -0.2) is 0 Å². The van der Waals surface area contributed by atoms with Crippen LogP contribution in [-0.4, -0.2) is 39.3 Å². The van der Waals surface area contributed by atoms with Crippen LogP contribution in [0.1, 0.15) is 59.4 Å². The molecule has 1 N–H and O–H groups in total. The molecule has 1 aromatic carbocycles. The van der Waals surface area contributed by atoms with E-state index in [9.17, 15) is 5.11 Å². The van der Waals surface area contributed by atoms with Crippen LogP contribution in [0.5, 0.6) is 5.75 Å². The number of aliphatic hydroxyl groups is 1. The molecule has 4 nitrogen and oxygen atoms in total. The number of unbranched alkanes of at least 4 members (excludes halogenated alkanes) is 1. The van der Waals surface area contributed by atoms with Crippen LogP contribution < -0.4 is 4.74 Å². The SMILES string of the molecule is CCCC[C@@H](CO[Si](C)(C)C(C)(C)C)[C@H](O)[C@H](C)OCc1ccc(OC)cc1. The van der Waals surface area contributed by atoms with E-state index in [-0.39, 0.29) is 17.1 Å². The van der Waals surface area contributed by atoms with Gasteiger partial charge in [0.05, 0.1) is 25.9 Å². The predicted octanol–water partition coefficient (Wildman–Crippen LogP) is 5.79. The van der Waals surface area contributed by atoms with Crippen molar-refractivity contribution in [2.45, 2.75) is 90.8 Å². The van der Waals surface area contributed by atoms with Crippen molar-refractivity contribution < 1.29 is 19.0 Å². The van der Waals surface area contributed by atoms with Crippen molar-refractivity contribution >= 4 is 8.32 Å². The number of methoxy groups -OCH3 is 1. The molecule has 0 heterocycles. The Morgan fingerprint density at radius 3 is 2.21 bits per heavy atom. The first-order valence-corrected chi connectivity index (χ1v) is 13.5. The lowest BCUT2D eigenvalue weighted by atomic mass is 9.94. The molecule has 0 saturated carbocycles. The minimum absolute atomic E-state index is 0.0972. The van der Waals surface area contributed by atoms with Crippen LogP contribution in [-0.2, 0) is 15.8 Å². The summed E-state index contributed by atoms with van der Waals surface area (Å²) in [7, 11) is -0.173. The van der Waals surface area contributed by atoms with Crippen LogP contribution in [0.3, 0.4) is 0 Å². The summed E-state index contributed by atoms with van der Waals surface area (Å²) in [6.07, 6.45) is 2.39. The van der Waals surface area contributed by atoms with Crippen molar-refractivity contribution in [1.82, 2.24) is 0 Å². The molecule has 3 atom stereocenters. The molecule has 162 valence electrons. The number of ether oxygens (including phenoxy) is 2. The van der Waals surface area contributed by atoms with Crippen LogP contribution in [0.15, 0.2) is 24.3 Å². The van der Waals surface area contributed by atoms with E-state index in [1.54, 1.807) is 7.11 Å².